The quantitative estimate of drug-likeness (QED) is 0.501. The lowest BCUT2D eigenvalue weighted by atomic mass is 10.2. The van der Waals surface area contributed by atoms with Crippen molar-refractivity contribution in [3.05, 3.63) is 90.5 Å². The summed E-state index contributed by atoms with van der Waals surface area (Å²) in [6.45, 7) is 1.52. The maximum Gasteiger partial charge on any atom is 0.222 e. The number of rotatable bonds is 8. The first kappa shape index (κ1) is 18.7. The molecule has 2 aromatic carbocycles. The number of pyridine rings is 1. The van der Waals surface area contributed by atoms with Gasteiger partial charge in [0.25, 0.3) is 0 Å². The van der Waals surface area contributed by atoms with Gasteiger partial charge in [0.15, 0.2) is 0 Å². The molecule has 2 heterocycles. The molecule has 29 heavy (non-hydrogen) atoms. The molecule has 1 N–H and O–H groups in total. The highest BCUT2D eigenvalue weighted by Crippen LogP contribution is 2.14. The molecule has 0 atom stereocenters. The molecular weight excluding hydrogens is 364 g/mol. The minimum absolute atomic E-state index is 0.0123. The van der Waals surface area contributed by atoms with E-state index in [-0.39, 0.29) is 5.91 Å². The van der Waals surface area contributed by atoms with Gasteiger partial charge in [0.1, 0.15) is 12.4 Å². The van der Waals surface area contributed by atoms with Crippen LogP contribution in [0, 0.1) is 0 Å². The fourth-order valence-corrected chi connectivity index (χ4v) is 3.04. The summed E-state index contributed by atoms with van der Waals surface area (Å²) in [6, 6.07) is 21.4. The van der Waals surface area contributed by atoms with Crippen molar-refractivity contribution in [2.45, 2.75) is 26.1 Å². The van der Waals surface area contributed by atoms with Gasteiger partial charge in [0.05, 0.1) is 23.1 Å². The van der Waals surface area contributed by atoms with Crippen LogP contribution in [0.25, 0.3) is 11.0 Å². The Labute approximate surface area is 169 Å². The molecule has 0 saturated heterocycles. The van der Waals surface area contributed by atoms with Crippen molar-refractivity contribution < 1.29 is 9.53 Å². The smallest absolute Gasteiger partial charge is 0.222 e. The van der Waals surface area contributed by atoms with Crippen LogP contribution in [0.2, 0.25) is 0 Å². The standard InChI is InChI=1S/C23H22N4O2/c28-23(12-14-27-17-26-21-6-1-2-7-22(21)27)25-15-18-8-10-20(11-9-18)29-16-19-5-3-4-13-24-19/h1-11,13,17H,12,14-16H2,(H,25,28). The first-order valence-corrected chi connectivity index (χ1v) is 9.56. The van der Waals surface area contributed by atoms with Crippen molar-refractivity contribution in [2.24, 2.45) is 0 Å². The summed E-state index contributed by atoms with van der Waals surface area (Å²) < 4.78 is 7.73. The average molecular weight is 386 g/mol. The molecule has 146 valence electrons. The SMILES string of the molecule is O=C(CCn1cnc2ccccc21)NCc1ccc(OCc2ccccn2)cc1. The molecule has 4 rings (SSSR count). The zero-order valence-corrected chi connectivity index (χ0v) is 16.0. The number of fused-ring (bicyclic) bond motifs is 1. The molecule has 0 spiro atoms. The summed E-state index contributed by atoms with van der Waals surface area (Å²) in [7, 11) is 0. The fraction of sp³-hybridized carbons (Fsp3) is 0.174. The minimum Gasteiger partial charge on any atom is -0.487 e. The summed E-state index contributed by atoms with van der Waals surface area (Å²) in [4.78, 5) is 20.8. The lowest BCUT2D eigenvalue weighted by Crippen LogP contribution is -2.23. The number of hydrogen-bond acceptors (Lipinski definition) is 4. The number of nitrogens with one attached hydrogen (secondary N) is 1. The summed E-state index contributed by atoms with van der Waals surface area (Å²) in [6.07, 6.45) is 3.94. The van der Waals surface area contributed by atoms with Gasteiger partial charge >= 0.3 is 0 Å². The van der Waals surface area contributed by atoms with E-state index in [1.165, 1.54) is 0 Å². The number of ether oxygens (including phenoxy) is 1. The molecule has 6 nitrogen and oxygen atoms in total. The van der Waals surface area contributed by atoms with E-state index in [1.807, 2.05) is 71.3 Å². The van der Waals surface area contributed by atoms with Crippen molar-refractivity contribution in [1.82, 2.24) is 19.9 Å². The number of para-hydroxylation sites is 2. The molecule has 0 radical (unpaired) electrons. The van der Waals surface area contributed by atoms with Gasteiger partial charge in [-0.2, -0.15) is 0 Å². The number of imidazole rings is 1. The van der Waals surface area contributed by atoms with E-state index in [1.54, 1.807) is 12.5 Å². The largest absolute Gasteiger partial charge is 0.487 e. The molecule has 0 unspecified atom stereocenters. The number of aryl methyl sites for hydroxylation is 1. The molecule has 0 aliphatic carbocycles. The van der Waals surface area contributed by atoms with E-state index in [4.69, 9.17) is 4.74 Å². The molecule has 0 fully saturated rings. The Balaban J connectivity index is 1.23. The molecular formula is C23H22N4O2. The van der Waals surface area contributed by atoms with Gasteiger partial charge in [-0.15, -0.1) is 0 Å². The third-order valence-corrected chi connectivity index (χ3v) is 4.63. The Hall–Kier alpha value is -3.67. The number of nitrogens with zero attached hydrogens (tertiary/aromatic N) is 3. The van der Waals surface area contributed by atoms with Crippen LogP contribution >= 0.6 is 0 Å². The van der Waals surface area contributed by atoms with E-state index >= 15 is 0 Å². The molecule has 1 amide bonds. The lowest BCUT2D eigenvalue weighted by molar-refractivity contribution is -0.121. The maximum atomic E-state index is 12.2. The van der Waals surface area contributed by atoms with Crippen LogP contribution < -0.4 is 10.1 Å². The topological polar surface area (TPSA) is 69.0 Å². The van der Waals surface area contributed by atoms with Crippen LogP contribution in [0.1, 0.15) is 17.7 Å². The number of carbonyl (C=O) groups excluding carboxylic acids is 1. The zero-order chi connectivity index (χ0) is 19.9. The third-order valence-electron chi connectivity index (χ3n) is 4.63. The first-order chi connectivity index (χ1) is 14.3. The number of aromatic nitrogens is 3. The Bertz CT molecular complexity index is 1070. The monoisotopic (exact) mass is 386 g/mol. The summed E-state index contributed by atoms with van der Waals surface area (Å²) in [5.41, 5.74) is 3.89. The van der Waals surface area contributed by atoms with E-state index in [0.717, 1.165) is 28.0 Å². The van der Waals surface area contributed by atoms with Crippen molar-refractivity contribution in [3.63, 3.8) is 0 Å². The van der Waals surface area contributed by atoms with Crippen LogP contribution in [0.15, 0.2) is 79.3 Å². The van der Waals surface area contributed by atoms with E-state index < -0.39 is 0 Å². The molecule has 4 aromatic rings. The van der Waals surface area contributed by atoms with Gasteiger partial charge in [-0.3, -0.25) is 9.78 Å². The van der Waals surface area contributed by atoms with Crippen molar-refractivity contribution in [2.75, 3.05) is 0 Å². The lowest BCUT2D eigenvalue weighted by Gasteiger charge is -2.09. The van der Waals surface area contributed by atoms with Crippen LogP contribution in [-0.2, 0) is 24.5 Å². The number of carbonyl (C=O) groups is 1. The molecule has 2 aromatic heterocycles. The Morgan fingerprint density at radius 3 is 2.62 bits per heavy atom. The van der Waals surface area contributed by atoms with E-state index in [9.17, 15) is 4.79 Å². The van der Waals surface area contributed by atoms with Crippen LogP contribution in [-0.4, -0.2) is 20.4 Å². The van der Waals surface area contributed by atoms with Crippen LogP contribution in [0.5, 0.6) is 5.75 Å². The van der Waals surface area contributed by atoms with Crippen molar-refractivity contribution in [3.8, 4) is 5.75 Å². The average Bonchev–Trinajstić information content (AvgIpc) is 3.19. The molecule has 0 saturated carbocycles. The second-order valence-electron chi connectivity index (χ2n) is 6.71. The van der Waals surface area contributed by atoms with Gasteiger partial charge in [0, 0.05) is 25.7 Å². The predicted octanol–water partition coefficient (Wildman–Crippen LogP) is 3.72. The molecule has 0 bridgehead atoms. The van der Waals surface area contributed by atoms with Gasteiger partial charge in [-0.1, -0.05) is 30.3 Å². The first-order valence-electron chi connectivity index (χ1n) is 9.56. The maximum absolute atomic E-state index is 12.2. The van der Waals surface area contributed by atoms with Crippen LogP contribution in [0.4, 0.5) is 0 Å². The van der Waals surface area contributed by atoms with E-state index in [2.05, 4.69) is 15.3 Å². The van der Waals surface area contributed by atoms with E-state index in [0.29, 0.717) is 26.1 Å². The predicted molar refractivity (Wildman–Crippen MR) is 111 cm³/mol. The van der Waals surface area contributed by atoms with Gasteiger partial charge in [0.2, 0.25) is 5.91 Å². The van der Waals surface area contributed by atoms with Crippen LogP contribution in [0.3, 0.4) is 0 Å². The Morgan fingerprint density at radius 1 is 0.966 bits per heavy atom. The third kappa shape index (κ3) is 4.99. The van der Waals surface area contributed by atoms with Gasteiger partial charge in [-0.25, -0.2) is 4.98 Å². The second-order valence-corrected chi connectivity index (χ2v) is 6.71. The normalized spacial score (nSPS) is 10.8. The number of benzene rings is 2. The second kappa shape index (κ2) is 9.01. The van der Waals surface area contributed by atoms with Crippen molar-refractivity contribution in [1.29, 1.82) is 0 Å². The summed E-state index contributed by atoms with van der Waals surface area (Å²) in [5, 5.41) is 2.96. The van der Waals surface area contributed by atoms with Gasteiger partial charge < -0.3 is 14.6 Å². The zero-order valence-electron chi connectivity index (χ0n) is 16.0. The van der Waals surface area contributed by atoms with Crippen molar-refractivity contribution >= 4 is 16.9 Å². The highest BCUT2D eigenvalue weighted by molar-refractivity contribution is 5.77. The highest BCUT2D eigenvalue weighted by Gasteiger charge is 2.06. The minimum atomic E-state index is 0.0123. The molecule has 6 heteroatoms. The summed E-state index contributed by atoms with van der Waals surface area (Å²) >= 11 is 0. The number of amides is 1. The highest BCUT2D eigenvalue weighted by atomic mass is 16.5. The molecule has 0 aliphatic heterocycles. The van der Waals surface area contributed by atoms with Gasteiger partial charge in [-0.05, 0) is 42.0 Å². The molecule has 0 aliphatic rings. The number of hydrogen-bond donors (Lipinski definition) is 1. The Morgan fingerprint density at radius 2 is 1.79 bits per heavy atom. The summed E-state index contributed by atoms with van der Waals surface area (Å²) in [5.74, 6) is 0.788. The fourth-order valence-electron chi connectivity index (χ4n) is 3.04. The Kier molecular flexibility index (Phi) is 5.81.